The Hall–Kier alpha value is -1.52. The maximum absolute atomic E-state index is 10.8. The molecule has 0 saturated heterocycles. The number of hydrogen-bond donors (Lipinski definition) is 2. The number of hydrogen-bond acceptors (Lipinski definition) is 3. The van der Waals surface area contributed by atoms with Crippen molar-refractivity contribution >= 4 is 11.9 Å². The molecule has 5 heteroatoms. The van der Waals surface area contributed by atoms with Gasteiger partial charge in [0.15, 0.2) is 5.96 Å². The van der Waals surface area contributed by atoms with Crippen molar-refractivity contribution in [2.24, 2.45) is 16.5 Å². The van der Waals surface area contributed by atoms with E-state index in [2.05, 4.69) is 11.6 Å². The molecule has 0 fully saturated rings. The van der Waals surface area contributed by atoms with Gasteiger partial charge in [-0.1, -0.05) is 12.7 Å². The Morgan fingerprint density at radius 3 is 2.75 bits per heavy atom. The second-order valence-corrected chi connectivity index (χ2v) is 2.17. The predicted molar refractivity (Wildman–Crippen MR) is 46.4 cm³/mol. The Morgan fingerprint density at radius 1 is 1.75 bits per heavy atom. The molecule has 0 amide bonds. The second kappa shape index (κ2) is 5.17. The highest BCUT2D eigenvalue weighted by atomic mass is 16.5. The molecule has 0 rings (SSSR count). The maximum atomic E-state index is 10.8. The highest BCUT2D eigenvalue weighted by Gasteiger charge is 2.04. The van der Waals surface area contributed by atoms with Crippen molar-refractivity contribution < 1.29 is 9.53 Å². The van der Waals surface area contributed by atoms with E-state index in [9.17, 15) is 4.79 Å². The van der Waals surface area contributed by atoms with Crippen LogP contribution in [0.4, 0.5) is 0 Å². The molecule has 0 aliphatic heterocycles. The average Bonchev–Trinajstić information content (AvgIpc) is 2.00. The van der Waals surface area contributed by atoms with Crippen molar-refractivity contribution in [2.45, 2.75) is 13.0 Å². The van der Waals surface area contributed by atoms with Gasteiger partial charge in [-0.05, 0) is 6.92 Å². The van der Waals surface area contributed by atoms with E-state index in [-0.39, 0.29) is 18.6 Å². The van der Waals surface area contributed by atoms with Crippen LogP contribution in [-0.2, 0) is 9.53 Å². The van der Waals surface area contributed by atoms with Gasteiger partial charge in [0, 0.05) is 0 Å². The van der Waals surface area contributed by atoms with Crippen molar-refractivity contribution in [2.75, 3.05) is 6.54 Å². The van der Waals surface area contributed by atoms with Crippen LogP contribution < -0.4 is 11.5 Å². The molecule has 68 valence electrons. The molecule has 0 radical (unpaired) electrons. The summed E-state index contributed by atoms with van der Waals surface area (Å²) in [6.07, 6.45) is 1.19. The van der Waals surface area contributed by atoms with Crippen LogP contribution in [0.2, 0.25) is 0 Å². The summed E-state index contributed by atoms with van der Waals surface area (Å²) < 4.78 is 4.77. The number of nitrogens with two attached hydrogens (primary N) is 2. The molecule has 1 unspecified atom stereocenters. The molecular formula is C7H13N3O2. The Labute approximate surface area is 71.1 Å². The lowest BCUT2D eigenvalue weighted by Crippen LogP contribution is -2.25. The SMILES string of the molecule is C=CC(C)OC(=O)CN=C(N)N. The standard InChI is InChI=1S/C7H13N3O2/c1-3-5(2)12-6(11)4-10-7(8)9/h3,5H,1,4H2,2H3,(H4,8,9,10). The summed E-state index contributed by atoms with van der Waals surface area (Å²) in [5, 5.41) is 0. The predicted octanol–water partition coefficient (Wildman–Crippen LogP) is -0.622. The van der Waals surface area contributed by atoms with Crippen molar-refractivity contribution in [3.05, 3.63) is 12.7 Å². The molecule has 0 spiro atoms. The van der Waals surface area contributed by atoms with Crippen molar-refractivity contribution in [3.8, 4) is 0 Å². The minimum absolute atomic E-state index is 0.127. The van der Waals surface area contributed by atoms with Gasteiger partial charge in [0.2, 0.25) is 0 Å². The van der Waals surface area contributed by atoms with Crippen molar-refractivity contribution in [3.63, 3.8) is 0 Å². The summed E-state index contributed by atoms with van der Waals surface area (Å²) in [5.74, 6) is -0.603. The number of carbonyl (C=O) groups is 1. The minimum atomic E-state index is -0.476. The summed E-state index contributed by atoms with van der Waals surface area (Å²) in [7, 11) is 0. The highest BCUT2D eigenvalue weighted by molar-refractivity contribution is 5.80. The minimum Gasteiger partial charge on any atom is -0.457 e. The zero-order valence-electron chi connectivity index (χ0n) is 6.99. The largest absolute Gasteiger partial charge is 0.457 e. The molecule has 0 saturated carbocycles. The lowest BCUT2D eigenvalue weighted by Gasteiger charge is -2.06. The molecule has 0 bridgehead atoms. The van der Waals surface area contributed by atoms with Gasteiger partial charge in [-0.15, -0.1) is 0 Å². The van der Waals surface area contributed by atoms with E-state index < -0.39 is 5.97 Å². The zero-order valence-corrected chi connectivity index (χ0v) is 6.99. The Bertz CT molecular complexity index is 197. The average molecular weight is 171 g/mol. The first-order valence-electron chi connectivity index (χ1n) is 3.43. The molecule has 0 aliphatic carbocycles. The first-order chi connectivity index (χ1) is 5.56. The van der Waals surface area contributed by atoms with Gasteiger partial charge in [-0.25, -0.2) is 4.99 Å². The molecule has 0 aliphatic rings. The molecule has 0 aromatic rings. The lowest BCUT2D eigenvalue weighted by atomic mass is 10.4. The molecule has 0 aromatic carbocycles. The van der Waals surface area contributed by atoms with Crippen LogP contribution in [0.1, 0.15) is 6.92 Å². The van der Waals surface area contributed by atoms with Gasteiger partial charge in [0.05, 0.1) is 0 Å². The van der Waals surface area contributed by atoms with Crippen LogP contribution in [0.25, 0.3) is 0 Å². The Morgan fingerprint density at radius 2 is 2.33 bits per heavy atom. The second-order valence-electron chi connectivity index (χ2n) is 2.17. The van der Waals surface area contributed by atoms with Crippen LogP contribution in [0.15, 0.2) is 17.6 Å². The number of guanidine groups is 1. The van der Waals surface area contributed by atoms with Crippen molar-refractivity contribution in [1.29, 1.82) is 0 Å². The summed E-state index contributed by atoms with van der Waals surface area (Å²) in [5.41, 5.74) is 10.0. The zero-order chi connectivity index (χ0) is 9.56. The van der Waals surface area contributed by atoms with E-state index in [1.165, 1.54) is 6.08 Å². The summed E-state index contributed by atoms with van der Waals surface area (Å²) in [6, 6.07) is 0. The molecule has 4 N–H and O–H groups in total. The molecule has 0 heterocycles. The van der Waals surface area contributed by atoms with E-state index in [1.54, 1.807) is 6.92 Å². The molecule has 5 nitrogen and oxygen atoms in total. The van der Waals surface area contributed by atoms with Crippen LogP contribution in [-0.4, -0.2) is 24.6 Å². The van der Waals surface area contributed by atoms with Gasteiger partial charge in [0.25, 0.3) is 0 Å². The van der Waals surface area contributed by atoms with Gasteiger partial charge < -0.3 is 16.2 Å². The molecule has 0 aromatic heterocycles. The third-order valence-corrected chi connectivity index (χ3v) is 1.04. The molecule has 12 heavy (non-hydrogen) atoms. The highest BCUT2D eigenvalue weighted by Crippen LogP contribution is 1.91. The van der Waals surface area contributed by atoms with Crippen LogP contribution in [0, 0.1) is 0 Å². The Balaban J connectivity index is 3.75. The summed E-state index contributed by atoms with van der Waals surface area (Å²) in [4.78, 5) is 14.3. The number of nitrogens with zero attached hydrogens (tertiary/aromatic N) is 1. The van der Waals surface area contributed by atoms with E-state index in [1.807, 2.05) is 0 Å². The fourth-order valence-corrected chi connectivity index (χ4v) is 0.449. The van der Waals surface area contributed by atoms with Crippen LogP contribution in [0.5, 0.6) is 0 Å². The van der Waals surface area contributed by atoms with Crippen molar-refractivity contribution in [1.82, 2.24) is 0 Å². The number of ether oxygens (including phenoxy) is 1. The van der Waals surface area contributed by atoms with Gasteiger partial charge in [-0.3, -0.25) is 4.79 Å². The fraction of sp³-hybridized carbons (Fsp3) is 0.429. The summed E-state index contributed by atoms with van der Waals surface area (Å²) in [6.45, 7) is 4.99. The van der Waals surface area contributed by atoms with Crippen LogP contribution >= 0.6 is 0 Å². The van der Waals surface area contributed by atoms with Gasteiger partial charge in [-0.2, -0.15) is 0 Å². The lowest BCUT2D eigenvalue weighted by molar-refractivity contribution is -0.144. The van der Waals surface area contributed by atoms with Gasteiger partial charge >= 0.3 is 5.97 Å². The molecular weight excluding hydrogens is 158 g/mol. The summed E-state index contributed by atoms with van der Waals surface area (Å²) >= 11 is 0. The quantitative estimate of drug-likeness (QED) is 0.255. The number of aliphatic imine (C=N–C) groups is 1. The fourth-order valence-electron chi connectivity index (χ4n) is 0.449. The van der Waals surface area contributed by atoms with E-state index in [0.29, 0.717) is 0 Å². The first-order valence-corrected chi connectivity index (χ1v) is 3.43. The van der Waals surface area contributed by atoms with E-state index in [4.69, 9.17) is 16.2 Å². The monoisotopic (exact) mass is 171 g/mol. The Kier molecular flexibility index (Phi) is 4.52. The third kappa shape index (κ3) is 5.28. The third-order valence-electron chi connectivity index (χ3n) is 1.04. The normalized spacial score (nSPS) is 11.4. The van der Waals surface area contributed by atoms with Crippen LogP contribution in [0.3, 0.4) is 0 Å². The number of carbonyl (C=O) groups excluding carboxylic acids is 1. The van der Waals surface area contributed by atoms with E-state index >= 15 is 0 Å². The van der Waals surface area contributed by atoms with Gasteiger partial charge in [0.1, 0.15) is 12.6 Å². The maximum Gasteiger partial charge on any atom is 0.328 e. The number of rotatable bonds is 4. The first kappa shape index (κ1) is 10.5. The topological polar surface area (TPSA) is 90.7 Å². The smallest absolute Gasteiger partial charge is 0.328 e. The van der Waals surface area contributed by atoms with E-state index in [0.717, 1.165) is 0 Å². The number of esters is 1. The molecule has 1 atom stereocenters.